The van der Waals surface area contributed by atoms with E-state index in [9.17, 15) is 10.5 Å². The van der Waals surface area contributed by atoms with Gasteiger partial charge in [-0.2, -0.15) is 10.5 Å². The molecule has 1 aromatic heterocycles. The van der Waals surface area contributed by atoms with Crippen LogP contribution >= 0.6 is 0 Å². The quantitative estimate of drug-likeness (QED) is 0.469. The van der Waals surface area contributed by atoms with Crippen molar-refractivity contribution in [1.82, 2.24) is 4.98 Å². The Kier molecular flexibility index (Phi) is 5.60. The van der Waals surface area contributed by atoms with E-state index in [0.29, 0.717) is 23.5 Å². The van der Waals surface area contributed by atoms with Crippen molar-refractivity contribution in [1.29, 1.82) is 10.5 Å². The number of nitrogens with one attached hydrogen (secondary N) is 1. The van der Waals surface area contributed by atoms with Gasteiger partial charge in [0.15, 0.2) is 0 Å². The van der Waals surface area contributed by atoms with Crippen molar-refractivity contribution in [2.75, 3.05) is 11.1 Å². The van der Waals surface area contributed by atoms with Crippen LogP contribution < -0.4 is 11.1 Å². The van der Waals surface area contributed by atoms with E-state index in [1.54, 1.807) is 0 Å². The number of nitriles is 2. The van der Waals surface area contributed by atoms with Gasteiger partial charge in [0, 0.05) is 12.1 Å². The molecule has 5 heteroatoms. The summed E-state index contributed by atoms with van der Waals surface area (Å²) < 4.78 is 0. The molecule has 3 N–H and O–H groups in total. The van der Waals surface area contributed by atoms with Crippen molar-refractivity contribution >= 4 is 11.6 Å². The zero-order valence-corrected chi connectivity index (χ0v) is 16.7. The summed E-state index contributed by atoms with van der Waals surface area (Å²) in [6.45, 7) is 0.483. The van der Waals surface area contributed by atoms with Crippen LogP contribution in [-0.4, -0.2) is 4.98 Å². The number of hydrogen-bond donors (Lipinski definition) is 2. The van der Waals surface area contributed by atoms with Gasteiger partial charge in [-0.3, -0.25) is 0 Å². The topological polar surface area (TPSA) is 98.5 Å². The van der Waals surface area contributed by atoms with Gasteiger partial charge in [0.25, 0.3) is 0 Å². The van der Waals surface area contributed by atoms with Crippen LogP contribution in [0.5, 0.6) is 0 Å². The van der Waals surface area contributed by atoms with E-state index in [4.69, 9.17) is 5.73 Å². The molecule has 0 aliphatic rings. The van der Waals surface area contributed by atoms with E-state index in [1.165, 1.54) is 0 Å². The van der Waals surface area contributed by atoms with Crippen molar-refractivity contribution < 1.29 is 0 Å². The van der Waals surface area contributed by atoms with Gasteiger partial charge >= 0.3 is 0 Å². The molecule has 0 saturated carbocycles. The molecule has 0 spiro atoms. The lowest BCUT2D eigenvalue weighted by atomic mass is 9.93. The molecule has 1 heterocycles. The Bertz CT molecular complexity index is 1300. The summed E-state index contributed by atoms with van der Waals surface area (Å²) in [7, 11) is 0. The number of rotatable bonds is 5. The first-order valence-corrected chi connectivity index (χ1v) is 9.78. The summed E-state index contributed by atoms with van der Waals surface area (Å²) >= 11 is 0. The van der Waals surface area contributed by atoms with E-state index in [0.717, 1.165) is 22.3 Å². The van der Waals surface area contributed by atoms with E-state index in [2.05, 4.69) is 22.4 Å². The number of nitrogens with two attached hydrogens (primary N) is 1. The van der Waals surface area contributed by atoms with Crippen LogP contribution in [0, 0.1) is 22.7 Å². The summed E-state index contributed by atoms with van der Waals surface area (Å²) in [5.74, 6) is 0.458. The lowest BCUT2D eigenvalue weighted by Gasteiger charge is -2.15. The largest absolute Gasteiger partial charge is 0.383 e. The lowest BCUT2D eigenvalue weighted by Crippen LogP contribution is -2.09. The number of benzene rings is 3. The predicted octanol–water partition coefficient (Wildman–Crippen LogP) is 5.35. The van der Waals surface area contributed by atoms with Crippen molar-refractivity contribution in [3.05, 3.63) is 102 Å². The van der Waals surface area contributed by atoms with Gasteiger partial charge in [-0.1, -0.05) is 78.9 Å². The molecule has 148 valence electrons. The average molecular weight is 401 g/mol. The Morgan fingerprint density at radius 2 is 1.35 bits per heavy atom. The number of anilines is 2. The van der Waals surface area contributed by atoms with Gasteiger partial charge in [0.05, 0.1) is 0 Å². The van der Waals surface area contributed by atoms with Gasteiger partial charge in [0.2, 0.25) is 0 Å². The minimum atomic E-state index is 0.0946. The monoisotopic (exact) mass is 401 g/mol. The summed E-state index contributed by atoms with van der Waals surface area (Å²) in [6.07, 6.45) is 0. The second kappa shape index (κ2) is 8.82. The highest BCUT2D eigenvalue weighted by molar-refractivity contribution is 5.86. The van der Waals surface area contributed by atoms with E-state index >= 15 is 0 Å². The maximum absolute atomic E-state index is 9.97. The fourth-order valence-corrected chi connectivity index (χ4v) is 3.51. The highest BCUT2D eigenvalue weighted by Gasteiger charge is 2.20. The second-order valence-electron chi connectivity index (χ2n) is 6.98. The molecule has 0 aliphatic carbocycles. The standard InChI is InChI=1S/C26H19N5/c27-15-22-24(21-13-7-12-20(14-21)19-10-5-2-6-11-19)23(16-28)26(31-25(22)29)30-17-18-8-3-1-4-9-18/h1-14H,17H2,(H3,29,30,31). The molecular weight excluding hydrogens is 382 g/mol. The molecule has 0 aliphatic heterocycles. The van der Waals surface area contributed by atoms with Crippen molar-refractivity contribution in [3.63, 3.8) is 0 Å². The fraction of sp³-hybridized carbons (Fsp3) is 0.0385. The smallest absolute Gasteiger partial charge is 0.147 e. The molecule has 5 nitrogen and oxygen atoms in total. The van der Waals surface area contributed by atoms with Gasteiger partial charge in [-0.05, 0) is 28.3 Å². The van der Waals surface area contributed by atoms with E-state index < -0.39 is 0 Å². The Morgan fingerprint density at radius 1 is 0.742 bits per heavy atom. The molecule has 0 fully saturated rings. The molecule has 4 rings (SSSR count). The van der Waals surface area contributed by atoms with Crippen molar-refractivity contribution in [3.8, 4) is 34.4 Å². The van der Waals surface area contributed by atoms with Crippen LogP contribution in [0.2, 0.25) is 0 Å². The number of nitrogen functional groups attached to an aromatic ring is 1. The highest BCUT2D eigenvalue weighted by Crippen LogP contribution is 2.36. The zero-order chi connectivity index (χ0) is 21.6. The predicted molar refractivity (Wildman–Crippen MR) is 123 cm³/mol. The summed E-state index contributed by atoms with van der Waals surface area (Å²) in [4.78, 5) is 4.32. The van der Waals surface area contributed by atoms with Gasteiger partial charge < -0.3 is 11.1 Å². The lowest BCUT2D eigenvalue weighted by molar-refractivity contribution is 1.11. The minimum absolute atomic E-state index is 0.0946. The number of hydrogen-bond acceptors (Lipinski definition) is 5. The van der Waals surface area contributed by atoms with Gasteiger partial charge in [-0.25, -0.2) is 4.98 Å². The molecule has 4 aromatic rings. The Balaban J connectivity index is 1.83. The molecule has 0 radical (unpaired) electrons. The first-order chi connectivity index (χ1) is 15.2. The summed E-state index contributed by atoms with van der Waals surface area (Å²) in [5, 5.41) is 22.9. The van der Waals surface area contributed by atoms with Crippen LogP contribution in [-0.2, 0) is 6.54 Å². The third-order valence-electron chi connectivity index (χ3n) is 5.01. The van der Waals surface area contributed by atoms with Crippen LogP contribution in [0.3, 0.4) is 0 Å². The first-order valence-electron chi connectivity index (χ1n) is 9.78. The fourth-order valence-electron chi connectivity index (χ4n) is 3.51. The Labute approximate surface area is 181 Å². The van der Waals surface area contributed by atoms with Crippen LogP contribution in [0.4, 0.5) is 11.6 Å². The molecule has 0 amide bonds. The normalized spacial score (nSPS) is 10.1. The van der Waals surface area contributed by atoms with E-state index in [-0.39, 0.29) is 11.4 Å². The van der Waals surface area contributed by atoms with Crippen LogP contribution in [0.25, 0.3) is 22.3 Å². The molecule has 0 saturated heterocycles. The number of nitrogens with zero attached hydrogens (tertiary/aromatic N) is 3. The first kappa shape index (κ1) is 19.7. The Hall–Kier alpha value is -4.61. The van der Waals surface area contributed by atoms with Gasteiger partial charge in [0.1, 0.15) is 34.9 Å². The third kappa shape index (κ3) is 4.07. The van der Waals surface area contributed by atoms with Crippen molar-refractivity contribution in [2.24, 2.45) is 0 Å². The van der Waals surface area contributed by atoms with Crippen LogP contribution in [0.1, 0.15) is 16.7 Å². The number of pyridine rings is 1. The summed E-state index contributed by atoms with van der Waals surface area (Å²) in [6, 6.07) is 31.9. The maximum atomic E-state index is 9.97. The number of aromatic nitrogens is 1. The molecule has 0 bridgehead atoms. The van der Waals surface area contributed by atoms with Gasteiger partial charge in [-0.15, -0.1) is 0 Å². The maximum Gasteiger partial charge on any atom is 0.147 e. The molecule has 3 aromatic carbocycles. The zero-order valence-electron chi connectivity index (χ0n) is 16.7. The second-order valence-corrected chi connectivity index (χ2v) is 6.98. The van der Waals surface area contributed by atoms with Crippen LogP contribution in [0.15, 0.2) is 84.9 Å². The highest BCUT2D eigenvalue weighted by atomic mass is 15.0. The minimum Gasteiger partial charge on any atom is -0.383 e. The third-order valence-corrected chi connectivity index (χ3v) is 5.01. The molecular formula is C26H19N5. The average Bonchev–Trinajstić information content (AvgIpc) is 2.83. The summed E-state index contributed by atoms with van der Waals surface area (Å²) in [5.41, 5.74) is 10.9. The SMILES string of the molecule is N#Cc1c(N)nc(NCc2ccccc2)c(C#N)c1-c1cccc(-c2ccccc2)c1. The van der Waals surface area contributed by atoms with Crippen molar-refractivity contribution in [2.45, 2.75) is 6.54 Å². The molecule has 0 atom stereocenters. The molecule has 0 unspecified atom stereocenters. The van der Waals surface area contributed by atoms with E-state index in [1.807, 2.05) is 84.9 Å². The molecule has 31 heavy (non-hydrogen) atoms. The Morgan fingerprint density at radius 3 is 2.03 bits per heavy atom.